The van der Waals surface area contributed by atoms with Crippen molar-refractivity contribution in [3.63, 3.8) is 0 Å². The summed E-state index contributed by atoms with van der Waals surface area (Å²) >= 11 is 1.50. The lowest BCUT2D eigenvalue weighted by atomic mass is 10.1. The number of anilines is 1. The number of nitrogens with two attached hydrogens (primary N) is 1. The van der Waals surface area contributed by atoms with Crippen LogP contribution >= 0.6 is 11.3 Å². The fraction of sp³-hybridized carbons (Fsp3) is 0.200. The zero-order chi connectivity index (χ0) is 11.0. The van der Waals surface area contributed by atoms with Crippen LogP contribution in [0.1, 0.15) is 16.1 Å². The van der Waals surface area contributed by atoms with Crippen molar-refractivity contribution in [3.05, 3.63) is 22.7 Å². The third kappa shape index (κ3) is 1.45. The molecular formula is C10H10N2O2S. The monoisotopic (exact) mass is 222 g/mol. The van der Waals surface area contributed by atoms with Crippen LogP contribution in [-0.2, 0) is 4.74 Å². The second-order valence-corrected chi connectivity index (χ2v) is 4.01. The van der Waals surface area contributed by atoms with Gasteiger partial charge >= 0.3 is 5.97 Å². The molecule has 0 saturated carbocycles. The topological polar surface area (TPSA) is 65.2 Å². The van der Waals surface area contributed by atoms with E-state index in [0.29, 0.717) is 16.9 Å². The Kier molecular flexibility index (Phi) is 2.32. The van der Waals surface area contributed by atoms with Gasteiger partial charge in [0.25, 0.3) is 0 Å². The lowest BCUT2D eigenvalue weighted by molar-refractivity contribution is 0.0601. The van der Waals surface area contributed by atoms with E-state index in [4.69, 9.17) is 5.73 Å². The molecule has 0 aliphatic heterocycles. The van der Waals surface area contributed by atoms with E-state index in [0.717, 1.165) is 10.2 Å². The van der Waals surface area contributed by atoms with Crippen molar-refractivity contribution < 1.29 is 9.53 Å². The van der Waals surface area contributed by atoms with Crippen LogP contribution < -0.4 is 5.73 Å². The average Bonchev–Trinajstić information content (AvgIpc) is 2.65. The van der Waals surface area contributed by atoms with Crippen LogP contribution in [0.3, 0.4) is 0 Å². The van der Waals surface area contributed by atoms with Gasteiger partial charge in [0.2, 0.25) is 0 Å². The Balaban J connectivity index is 2.78. The largest absolute Gasteiger partial charge is 0.465 e. The number of hydrogen-bond acceptors (Lipinski definition) is 5. The third-order valence-electron chi connectivity index (χ3n) is 2.22. The Bertz CT molecular complexity index is 533. The Morgan fingerprint density at radius 1 is 1.60 bits per heavy atom. The van der Waals surface area contributed by atoms with E-state index in [2.05, 4.69) is 9.72 Å². The highest BCUT2D eigenvalue weighted by molar-refractivity contribution is 7.16. The van der Waals surface area contributed by atoms with Gasteiger partial charge in [-0.1, -0.05) is 0 Å². The van der Waals surface area contributed by atoms with E-state index in [1.165, 1.54) is 18.4 Å². The Labute approximate surface area is 90.7 Å². The summed E-state index contributed by atoms with van der Waals surface area (Å²) in [5, 5.41) is 2.71. The van der Waals surface area contributed by atoms with E-state index >= 15 is 0 Å². The third-order valence-corrected chi connectivity index (χ3v) is 3.03. The second-order valence-electron chi connectivity index (χ2n) is 3.12. The van der Waals surface area contributed by atoms with E-state index in [1.54, 1.807) is 6.92 Å². The van der Waals surface area contributed by atoms with Crippen molar-refractivity contribution in [1.82, 2.24) is 4.98 Å². The summed E-state index contributed by atoms with van der Waals surface area (Å²) in [7, 11) is 1.33. The summed E-state index contributed by atoms with van der Waals surface area (Å²) in [4.78, 5) is 16.6. The van der Waals surface area contributed by atoms with Crippen molar-refractivity contribution in [2.24, 2.45) is 0 Å². The van der Waals surface area contributed by atoms with Gasteiger partial charge in [0, 0.05) is 5.39 Å². The minimum absolute atomic E-state index is 0.364. The van der Waals surface area contributed by atoms with Gasteiger partial charge in [-0.15, -0.1) is 11.3 Å². The number of aromatic nitrogens is 1. The van der Waals surface area contributed by atoms with Crippen LogP contribution in [0.4, 0.5) is 5.69 Å². The minimum Gasteiger partial charge on any atom is -0.465 e. The molecule has 0 aromatic carbocycles. The fourth-order valence-corrected chi connectivity index (χ4v) is 2.32. The molecule has 2 N–H and O–H groups in total. The molecule has 2 aromatic rings. The Hall–Kier alpha value is -1.62. The summed E-state index contributed by atoms with van der Waals surface area (Å²) in [5.41, 5.74) is 7.33. The molecule has 0 amide bonds. The van der Waals surface area contributed by atoms with Crippen molar-refractivity contribution in [2.75, 3.05) is 12.8 Å². The van der Waals surface area contributed by atoms with Crippen LogP contribution in [0.2, 0.25) is 0 Å². The van der Waals surface area contributed by atoms with E-state index in [-0.39, 0.29) is 0 Å². The maximum Gasteiger partial charge on any atom is 0.341 e. The number of thiophene rings is 1. The van der Waals surface area contributed by atoms with Gasteiger partial charge in [-0.2, -0.15) is 0 Å². The van der Waals surface area contributed by atoms with Crippen LogP contribution in [0.15, 0.2) is 11.4 Å². The zero-order valence-corrected chi connectivity index (χ0v) is 9.22. The number of carbonyl (C=O) groups is 1. The summed E-state index contributed by atoms with van der Waals surface area (Å²) in [6, 6.07) is 1.86. The number of fused-ring (bicyclic) bond motifs is 1. The number of esters is 1. The molecule has 0 unspecified atom stereocenters. The van der Waals surface area contributed by atoms with Crippen LogP contribution in [0.25, 0.3) is 10.2 Å². The number of ether oxygens (including phenoxy) is 1. The van der Waals surface area contributed by atoms with Gasteiger partial charge in [-0.05, 0) is 18.4 Å². The molecule has 0 radical (unpaired) electrons. The maximum absolute atomic E-state index is 11.5. The quantitative estimate of drug-likeness (QED) is 0.749. The number of nitrogens with zero attached hydrogens (tertiary/aromatic N) is 1. The molecule has 0 aliphatic rings. The Morgan fingerprint density at radius 3 is 3.00 bits per heavy atom. The van der Waals surface area contributed by atoms with E-state index in [9.17, 15) is 4.79 Å². The SMILES string of the molecule is COC(=O)c1c(C)nc2sccc2c1N. The number of carbonyl (C=O) groups excluding carboxylic acids is 1. The predicted molar refractivity (Wildman–Crippen MR) is 60.1 cm³/mol. The second kappa shape index (κ2) is 3.51. The molecule has 5 heteroatoms. The van der Waals surface area contributed by atoms with Gasteiger partial charge in [-0.3, -0.25) is 0 Å². The maximum atomic E-state index is 11.5. The van der Waals surface area contributed by atoms with Gasteiger partial charge in [0.1, 0.15) is 10.4 Å². The minimum atomic E-state index is -0.439. The van der Waals surface area contributed by atoms with Gasteiger partial charge in [0.05, 0.1) is 18.5 Å². The van der Waals surface area contributed by atoms with E-state index in [1.807, 2.05) is 11.4 Å². The predicted octanol–water partition coefficient (Wildman–Crippen LogP) is 1.97. The summed E-state index contributed by atoms with van der Waals surface area (Å²) < 4.78 is 4.67. The highest BCUT2D eigenvalue weighted by Crippen LogP contribution is 2.29. The number of hydrogen-bond donors (Lipinski definition) is 1. The molecule has 0 atom stereocenters. The number of pyridine rings is 1. The molecule has 0 fully saturated rings. The molecule has 15 heavy (non-hydrogen) atoms. The molecular weight excluding hydrogens is 212 g/mol. The highest BCUT2D eigenvalue weighted by Gasteiger charge is 2.17. The summed E-state index contributed by atoms with van der Waals surface area (Å²) in [6.07, 6.45) is 0. The van der Waals surface area contributed by atoms with Crippen LogP contribution in [0.5, 0.6) is 0 Å². The number of methoxy groups -OCH3 is 1. The molecule has 2 aromatic heterocycles. The fourth-order valence-electron chi connectivity index (χ4n) is 1.49. The van der Waals surface area contributed by atoms with Crippen molar-refractivity contribution in [2.45, 2.75) is 6.92 Å². The zero-order valence-electron chi connectivity index (χ0n) is 8.40. The van der Waals surface area contributed by atoms with Gasteiger partial charge < -0.3 is 10.5 Å². The first-order valence-corrected chi connectivity index (χ1v) is 5.24. The highest BCUT2D eigenvalue weighted by atomic mass is 32.1. The first-order valence-electron chi connectivity index (χ1n) is 4.36. The molecule has 4 nitrogen and oxygen atoms in total. The van der Waals surface area contributed by atoms with Gasteiger partial charge in [-0.25, -0.2) is 9.78 Å². The molecule has 0 spiro atoms. The van der Waals surface area contributed by atoms with Crippen molar-refractivity contribution in [3.8, 4) is 0 Å². The number of aryl methyl sites for hydroxylation is 1. The lowest BCUT2D eigenvalue weighted by Crippen LogP contribution is -2.09. The summed E-state index contributed by atoms with van der Waals surface area (Å²) in [6.45, 7) is 1.75. The normalized spacial score (nSPS) is 10.5. The van der Waals surface area contributed by atoms with Crippen molar-refractivity contribution >= 4 is 33.2 Å². The number of nitrogen functional groups attached to an aromatic ring is 1. The first kappa shape index (κ1) is 9.92. The summed E-state index contributed by atoms with van der Waals surface area (Å²) in [5.74, 6) is -0.439. The molecule has 0 bridgehead atoms. The molecule has 2 rings (SSSR count). The molecule has 0 aliphatic carbocycles. The number of rotatable bonds is 1. The first-order chi connectivity index (χ1) is 7.15. The van der Waals surface area contributed by atoms with E-state index < -0.39 is 5.97 Å². The average molecular weight is 222 g/mol. The molecule has 2 heterocycles. The lowest BCUT2D eigenvalue weighted by Gasteiger charge is -2.07. The van der Waals surface area contributed by atoms with Gasteiger partial charge in [0.15, 0.2) is 0 Å². The van der Waals surface area contributed by atoms with Crippen molar-refractivity contribution in [1.29, 1.82) is 0 Å². The standard InChI is InChI=1S/C10H10N2O2S/c1-5-7(10(13)14-2)8(11)6-3-4-15-9(6)12-5/h3-4H,1-2H3,(H2,11,12). The van der Waals surface area contributed by atoms with Crippen LogP contribution in [0, 0.1) is 6.92 Å². The van der Waals surface area contributed by atoms with Crippen LogP contribution in [-0.4, -0.2) is 18.1 Å². The molecule has 0 saturated heterocycles. The smallest absolute Gasteiger partial charge is 0.341 e. The Morgan fingerprint density at radius 2 is 2.33 bits per heavy atom. The molecule has 78 valence electrons.